The van der Waals surface area contributed by atoms with Crippen LogP contribution in [-0.2, 0) is 4.79 Å². The third kappa shape index (κ3) is 3.20. The van der Waals surface area contributed by atoms with E-state index in [1.165, 1.54) is 0 Å². The summed E-state index contributed by atoms with van der Waals surface area (Å²) in [6, 6.07) is 10.3. The summed E-state index contributed by atoms with van der Waals surface area (Å²) < 4.78 is 0.0417. The van der Waals surface area contributed by atoms with Crippen molar-refractivity contribution in [2.45, 2.75) is 38.5 Å². The zero-order chi connectivity index (χ0) is 20.7. The maximum Gasteiger partial charge on any atom is 0.281 e. The zero-order valence-electron chi connectivity index (χ0n) is 16.9. The van der Waals surface area contributed by atoms with Crippen molar-refractivity contribution in [3.8, 4) is 0 Å². The number of rotatable bonds is 5. The number of para-hydroxylation sites is 1. The molecule has 1 amide bonds. The highest BCUT2D eigenvalue weighted by Gasteiger charge is 2.44. The number of nitrogens with one attached hydrogen (secondary N) is 1. The monoisotopic (exact) mass is 403 g/mol. The molecule has 1 saturated carbocycles. The van der Waals surface area contributed by atoms with Crippen LogP contribution in [0.4, 0.5) is 0 Å². The summed E-state index contributed by atoms with van der Waals surface area (Å²) in [5.74, 6) is 8.09. The van der Waals surface area contributed by atoms with Crippen LogP contribution in [0.3, 0.4) is 0 Å². The van der Waals surface area contributed by atoms with E-state index in [-0.39, 0.29) is 16.4 Å². The van der Waals surface area contributed by atoms with Crippen LogP contribution in [0.25, 0.3) is 10.9 Å². The molecular weight excluding hydrogens is 376 g/mol. The summed E-state index contributed by atoms with van der Waals surface area (Å²) in [7, 11) is 0. The fourth-order valence-electron chi connectivity index (χ4n) is 4.89. The molecule has 1 atom stereocenters. The molecule has 5 rings (SSSR count). The molecule has 1 unspecified atom stereocenters. The Morgan fingerprint density at radius 1 is 1.20 bits per heavy atom. The first-order valence-corrected chi connectivity index (χ1v) is 10.6. The number of nitrogens with zero attached hydrogens (tertiary/aromatic N) is 3. The number of quaternary nitrogens is 1. The van der Waals surface area contributed by atoms with Gasteiger partial charge in [0.15, 0.2) is 0 Å². The number of amidine groups is 1. The number of aromatic nitrogens is 1. The first kappa shape index (κ1) is 19.0. The number of H-pyrrole nitrogens is 1. The van der Waals surface area contributed by atoms with Crippen LogP contribution >= 0.6 is 0 Å². The molecule has 30 heavy (non-hydrogen) atoms. The van der Waals surface area contributed by atoms with Gasteiger partial charge in [-0.05, 0) is 56.6 Å². The van der Waals surface area contributed by atoms with Crippen molar-refractivity contribution in [2.75, 3.05) is 0 Å². The predicted molar refractivity (Wildman–Crippen MR) is 118 cm³/mol. The summed E-state index contributed by atoms with van der Waals surface area (Å²) in [6.45, 7) is 0. The number of hydrogen-bond donors (Lipinski definition) is 3. The van der Waals surface area contributed by atoms with E-state index in [0.717, 1.165) is 72.4 Å². The molecule has 1 aliphatic carbocycles. The number of carbonyl (C=O) groups is 1. The average Bonchev–Trinajstić information content (AvgIpc) is 3.30. The third-order valence-electron chi connectivity index (χ3n) is 6.68. The minimum absolute atomic E-state index is 0.0417. The van der Waals surface area contributed by atoms with Gasteiger partial charge in [0.2, 0.25) is 11.6 Å². The molecular formula is C23H27N6O+. The lowest BCUT2D eigenvalue weighted by Crippen LogP contribution is -2.53. The summed E-state index contributed by atoms with van der Waals surface area (Å²) >= 11 is 0. The number of benzene rings is 1. The molecule has 3 aliphatic rings. The van der Waals surface area contributed by atoms with Crippen LogP contribution in [0.15, 0.2) is 64.1 Å². The van der Waals surface area contributed by atoms with Crippen LogP contribution in [0.1, 0.15) is 44.2 Å². The Balaban J connectivity index is 1.38. The number of fused-ring (bicyclic) bond motifs is 2. The zero-order valence-corrected chi connectivity index (χ0v) is 16.9. The lowest BCUT2D eigenvalue weighted by atomic mass is 9.79. The van der Waals surface area contributed by atoms with Gasteiger partial charge in [0.25, 0.3) is 5.84 Å². The van der Waals surface area contributed by atoms with Crippen LogP contribution in [-0.4, -0.2) is 27.5 Å². The highest BCUT2D eigenvalue weighted by Crippen LogP contribution is 2.37. The van der Waals surface area contributed by atoms with Crippen molar-refractivity contribution in [1.82, 2.24) is 4.98 Å². The third-order valence-corrected chi connectivity index (χ3v) is 6.68. The van der Waals surface area contributed by atoms with Crippen LogP contribution in [0.2, 0.25) is 0 Å². The number of allylic oxidation sites excluding steroid dienone is 2. The topological polar surface area (TPSA) is 110 Å². The van der Waals surface area contributed by atoms with Crippen LogP contribution < -0.4 is 11.6 Å². The number of nitrogens with two attached hydrogens (primary N) is 2. The fourth-order valence-corrected chi connectivity index (χ4v) is 4.89. The molecule has 7 nitrogen and oxygen atoms in total. The van der Waals surface area contributed by atoms with Crippen molar-refractivity contribution < 1.29 is 9.39 Å². The molecule has 3 heterocycles. The average molecular weight is 404 g/mol. The van der Waals surface area contributed by atoms with E-state index in [9.17, 15) is 4.79 Å². The summed E-state index contributed by atoms with van der Waals surface area (Å²) in [6.07, 6.45) is 11.2. The van der Waals surface area contributed by atoms with Crippen molar-refractivity contribution >= 4 is 28.9 Å². The molecule has 0 spiro atoms. The van der Waals surface area contributed by atoms with Gasteiger partial charge in [-0.15, -0.1) is 4.59 Å². The van der Waals surface area contributed by atoms with Gasteiger partial charge in [-0.3, -0.25) is 9.79 Å². The van der Waals surface area contributed by atoms with E-state index in [0.29, 0.717) is 5.92 Å². The second-order valence-corrected chi connectivity index (χ2v) is 8.55. The molecule has 7 heteroatoms. The SMILES string of the molecule is NC(=O)C1CCC(CCC2=C3C=NC=C[N+]3(N)C(c3cc4ccccc4[nH]3)=N2)CC1. The molecule has 0 radical (unpaired) electrons. The molecule has 0 bridgehead atoms. The van der Waals surface area contributed by atoms with Gasteiger partial charge in [0, 0.05) is 16.8 Å². The van der Waals surface area contributed by atoms with Crippen molar-refractivity contribution in [2.24, 2.45) is 33.4 Å². The maximum atomic E-state index is 11.4. The molecule has 5 N–H and O–H groups in total. The van der Waals surface area contributed by atoms with Crippen LogP contribution in [0, 0.1) is 11.8 Å². The quantitative estimate of drug-likeness (QED) is 0.525. The second-order valence-electron chi connectivity index (χ2n) is 8.55. The second kappa shape index (κ2) is 7.34. The molecule has 154 valence electrons. The van der Waals surface area contributed by atoms with Gasteiger partial charge in [-0.2, -0.15) is 10.8 Å². The lowest BCUT2D eigenvalue weighted by molar-refractivity contribution is -0.750. The Morgan fingerprint density at radius 2 is 2.00 bits per heavy atom. The van der Waals surface area contributed by atoms with Crippen molar-refractivity contribution in [3.05, 3.63) is 59.8 Å². The van der Waals surface area contributed by atoms with Crippen LogP contribution in [0.5, 0.6) is 0 Å². The number of carbonyl (C=O) groups excluding carboxylic acids is 1. The summed E-state index contributed by atoms with van der Waals surface area (Å²) in [5.41, 5.74) is 9.38. The number of amides is 1. The minimum atomic E-state index is -0.155. The first-order chi connectivity index (χ1) is 14.5. The number of primary amides is 1. The molecule has 2 aliphatic heterocycles. The molecule has 0 saturated heterocycles. The minimum Gasteiger partial charge on any atom is -0.369 e. The van der Waals surface area contributed by atoms with Gasteiger partial charge < -0.3 is 10.7 Å². The smallest absolute Gasteiger partial charge is 0.281 e. The van der Waals surface area contributed by atoms with E-state index in [4.69, 9.17) is 16.6 Å². The highest BCUT2D eigenvalue weighted by atomic mass is 16.1. The fraction of sp³-hybridized carbons (Fsp3) is 0.348. The Bertz CT molecular complexity index is 1080. The van der Waals surface area contributed by atoms with E-state index in [2.05, 4.69) is 28.2 Å². The predicted octanol–water partition coefficient (Wildman–Crippen LogP) is 3.46. The largest absolute Gasteiger partial charge is 0.369 e. The highest BCUT2D eigenvalue weighted by molar-refractivity contribution is 6.02. The van der Waals surface area contributed by atoms with E-state index >= 15 is 0 Å². The molecule has 2 aromatic rings. The summed E-state index contributed by atoms with van der Waals surface area (Å²) in [5, 5.41) is 1.14. The molecule has 1 aromatic carbocycles. The van der Waals surface area contributed by atoms with Gasteiger partial charge in [-0.25, -0.2) is 0 Å². The van der Waals surface area contributed by atoms with Gasteiger partial charge in [0.1, 0.15) is 17.6 Å². The maximum absolute atomic E-state index is 11.4. The van der Waals surface area contributed by atoms with Gasteiger partial charge in [-0.1, -0.05) is 18.2 Å². The van der Waals surface area contributed by atoms with E-state index in [1.807, 2.05) is 24.5 Å². The Hall–Kier alpha value is -3.03. The molecule has 1 fully saturated rings. The van der Waals surface area contributed by atoms with E-state index < -0.39 is 0 Å². The van der Waals surface area contributed by atoms with E-state index in [1.54, 1.807) is 6.20 Å². The first-order valence-electron chi connectivity index (χ1n) is 10.6. The lowest BCUT2D eigenvalue weighted by Gasteiger charge is -2.27. The standard InChI is InChI=1S/C23H26N6O/c24-22(30)16-8-5-15(6-9-16)7-10-19-21-14-26-11-12-29(21,25)23(28-19)20-13-17-3-1-2-4-18(17)27-20/h1-4,11-16H,5-10,25H2,(H2-,24,26,27,28,30)/p+1. The molecule has 1 aromatic heterocycles. The Labute approximate surface area is 175 Å². The number of aromatic amines is 1. The Kier molecular flexibility index (Phi) is 4.64. The van der Waals surface area contributed by atoms with Gasteiger partial charge >= 0.3 is 0 Å². The van der Waals surface area contributed by atoms with Gasteiger partial charge in [0.05, 0.1) is 12.4 Å². The van der Waals surface area contributed by atoms with Crippen molar-refractivity contribution in [1.29, 1.82) is 0 Å². The van der Waals surface area contributed by atoms with Crippen molar-refractivity contribution in [3.63, 3.8) is 0 Å². The normalized spacial score (nSPS) is 28.1. The number of aliphatic imine (C=N–C) groups is 2. The summed E-state index contributed by atoms with van der Waals surface area (Å²) in [4.78, 5) is 24.2. The number of hydrogen-bond acceptors (Lipinski definition) is 4. The Morgan fingerprint density at radius 3 is 2.77 bits per heavy atom.